The molecule has 1 fully saturated rings. The maximum Gasteiger partial charge on any atom is 0.237 e. The standard InChI is InChI=1S/C14H20N2O/c1-2-12(15)14(17)16-13(11-8-9-11)10-6-4-3-5-7-10/h3-7,11-13H,2,8-9,15H2,1H3,(H,16,17)/t12-,13?/m1/s1. The minimum absolute atomic E-state index is 0.0340. The van der Waals surface area contributed by atoms with Gasteiger partial charge in [-0.1, -0.05) is 37.3 Å². The molecule has 92 valence electrons. The normalized spacial score (nSPS) is 18.5. The molecule has 0 spiro atoms. The van der Waals surface area contributed by atoms with Crippen LogP contribution in [0, 0.1) is 5.92 Å². The number of carbonyl (C=O) groups is 1. The van der Waals surface area contributed by atoms with Crippen LogP contribution in [0.5, 0.6) is 0 Å². The van der Waals surface area contributed by atoms with Gasteiger partial charge in [0.05, 0.1) is 12.1 Å². The van der Waals surface area contributed by atoms with E-state index in [1.165, 1.54) is 18.4 Å². The lowest BCUT2D eigenvalue weighted by Crippen LogP contribution is -2.42. The summed E-state index contributed by atoms with van der Waals surface area (Å²) in [5.74, 6) is 0.554. The Balaban J connectivity index is 2.06. The van der Waals surface area contributed by atoms with Gasteiger partial charge in [-0.05, 0) is 30.7 Å². The van der Waals surface area contributed by atoms with Gasteiger partial charge in [-0.15, -0.1) is 0 Å². The summed E-state index contributed by atoms with van der Waals surface area (Å²) >= 11 is 0. The Labute approximate surface area is 102 Å². The van der Waals surface area contributed by atoms with Crippen molar-refractivity contribution in [2.45, 2.75) is 38.3 Å². The van der Waals surface area contributed by atoms with Crippen LogP contribution in [0.4, 0.5) is 0 Å². The van der Waals surface area contributed by atoms with E-state index in [4.69, 9.17) is 5.73 Å². The fourth-order valence-electron chi connectivity index (χ4n) is 2.01. The van der Waals surface area contributed by atoms with Crippen LogP contribution in [0.1, 0.15) is 37.8 Å². The lowest BCUT2D eigenvalue weighted by atomic mass is 10.0. The van der Waals surface area contributed by atoms with Gasteiger partial charge in [0, 0.05) is 0 Å². The third kappa shape index (κ3) is 3.07. The first kappa shape index (κ1) is 12.1. The van der Waals surface area contributed by atoms with E-state index in [0.29, 0.717) is 12.3 Å². The highest BCUT2D eigenvalue weighted by Crippen LogP contribution is 2.40. The molecule has 0 aromatic heterocycles. The molecule has 0 radical (unpaired) electrons. The Morgan fingerprint density at radius 1 is 1.41 bits per heavy atom. The predicted molar refractivity (Wildman–Crippen MR) is 68.3 cm³/mol. The molecule has 1 aromatic rings. The van der Waals surface area contributed by atoms with Crippen molar-refractivity contribution in [3.8, 4) is 0 Å². The summed E-state index contributed by atoms with van der Waals surface area (Å²) in [6.45, 7) is 1.93. The molecular weight excluding hydrogens is 212 g/mol. The molecule has 0 aliphatic heterocycles. The molecule has 2 rings (SSSR count). The Morgan fingerprint density at radius 2 is 2.06 bits per heavy atom. The number of nitrogens with two attached hydrogens (primary N) is 1. The molecule has 1 aromatic carbocycles. The van der Waals surface area contributed by atoms with Gasteiger partial charge < -0.3 is 11.1 Å². The zero-order valence-corrected chi connectivity index (χ0v) is 10.2. The molecule has 3 nitrogen and oxygen atoms in total. The Bertz CT molecular complexity index is 373. The van der Waals surface area contributed by atoms with Gasteiger partial charge in [0.1, 0.15) is 0 Å². The van der Waals surface area contributed by atoms with E-state index in [1.807, 2.05) is 25.1 Å². The second-order valence-electron chi connectivity index (χ2n) is 4.75. The number of hydrogen-bond acceptors (Lipinski definition) is 2. The Kier molecular flexibility index (Phi) is 3.79. The summed E-state index contributed by atoms with van der Waals surface area (Å²) < 4.78 is 0. The van der Waals surface area contributed by atoms with Crippen molar-refractivity contribution in [2.75, 3.05) is 0 Å². The molecule has 3 heteroatoms. The maximum atomic E-state index is 11.9. The number of benzene rings is 1. The number of rotatable bonds is 5. The van der Waals surface area contributed by atoms with E-state index >= 15 is 0 Å². The molecule has 0 heterocycles. The fraction of sp³-hybridized carbons (Fsp3) is 0.500. The average molecular weight is 232 g/mol. The highest BCUT2D eigenvalue weighted by molar-refractivity contribution is 5.81. The van der Waals surface area contributed by atoms with Crippen LogP contribution in [0.15, 0.2) is 30.3 Å². The van der Waals surface area contributed by atoms with Crippen LogP contribution < -0.4 is 11.1 Å². The molecule has 1 amide bonds. The molecule has 0 bridgehead atoms. The summed E-state index contributed by atoms with van der Waals surface area (Å²) in [5.41, 5.74) is 6.94. The Hall–Kier alpha value is -1.35. The van der Waals surface area contributed by atoms with Crippen LogP contribution in [0.25, 0.3) is 0 Å². The second-order valence-corrected chi connectivity index (χ2v) is 4.75. The number of carbonyl (C=O) groups excluding carboxylic acids is 1. The van der Waals surface area contributed by atoms with Crippen molar-refractivity contribution in [3.63, 3.8) is 0 Å². The molecule has 2 atom stereocenters. The van der Waals surface area contributed by atoms with E-state index < -0.39 is 0 Å². The van der Waals surface area contributed by atoms with Gasteiger partial charge in [0.2, 0.25) is 5.91 Å². The van der Waals surface area contributed by atoms with Crippen LogP contribution in [0.3, 0.4) is 0 Å². The molecule has 0 saturated heterocycles. The lowest BCUT2D eigenvalue weighted by molar-refractivity contribution is -0.123. The quantitative estimate of drug-likeness (QED) is 0.815. The average Bonchev–Trinajstić information content (AvgIpc) is 3.20. The van der Waals surface area contributed by atoms with Gasteiger partial charge in [0.25, 0.3) is 0 Å². The summed E-state index contributed by atoms with van der Waals surface area (Å²) in [6.07, 6.45) is 3.07. The minimum Gasteiger partial charge on any atom is -0.348 e. The minimum atomic E-state index is -0.389. The highest BCUT2D eigenvalue weighted by Gasteiger charge is 2.33. The van der Waals surface area contributed by atoms with Crippen molar-refractivity contribution in [1.82, 2.24) is 5.32 Å². The van der Waals surface area contributed by atoms with E-state index in [-0.39, 0.29) is 18.0 Å². The first-order valence-corrected chi connectivity index (χ1v) is 6.33. The predicted octanol–water partition coefficient (Wildman–Crippen LogP) is 1.99. The first-order chi connectivity index (χ1) is 8.22. The van der Waals surface area contributed by atoms with E-state index in [2.05, 4.69) is 17.4 Å². The van der Waals surface area contributed by atoms with Crippen molar-refractivity contribution < 1.29 is 4.79 Å². The van der Waals surface area contributed by atoms with Gasteiger partial charge in [0.15, 0.2) is 0 Å². The van der Waals surface area contributed by atoms with Crippen molar-refractivity contribution in [1.29, 1.82) is 0 Å². The van der Waals surface area contributed by atoms with E-state index in [9.17, 15) is 4.79 Å². The molecular formula is C14H20N2O. The first-order valence-electron chi connectivity index (χ1n) is 6.33. The molecule has 1 unspecified atom stereocenters. The van der Waals surface area contributed by atoms with Crippen LogP contribution in [0.2, 0.25) is 0 Å². The zero-order valence-electron chi connectivity index (χ0n) is 10.2. The summed E-state index contributed by atoms with van der Waals surface area (Å²) in [6, 6.07) is 9.91. The van der Waals surface area contributed by atoms with Crippen molar-refractivity contribution in [3.05, 3.63) is 35.9 Å². The fourth-order valence-corrected chi connectivity index (χ4v) is 2.01. The molecule has 1 saturated carbocycles. The summed E-state index contributed by atoms with van der Waals surface area (Å²) in [7, 11) is 0. The second kappa shape index (κ2) is 5.32. The van der Waals surface area contributed by atoms with Gasteiger partial charge in [-0.3, -0.25) is 4.79 Å². The number of hydrogen-bond donors (Lipinski definition) is 2. The molecule has 3 N–H and O–H groups in total. The summed E-state index contributed by atoms with van der Waals surface area (Å²) in [4.78, 5) is 11.9. The van der Waals surface area contributed by atoms with Gasteiger partial charge in [-0.2, -0.15) is 0 Å². The molecule has 1 aliphatic rings. The zero-order chi connectivity index (χ0) is 12.3. The van der Waals surface area contributed by atoms with E-state index in [1.54, 1.807) is 0 Å². The number of amides is 1. The number of nitrogens with one attached hydrogen (secondary N) is 1. The van der Waals surface area contributed by atoms with Crippen LogP contribution in [-0.4, -0.2) is 11.9 Å². The molecule has 1 aliphatic carbocycles. The monoisotopic (exact) mass is 232 g/mol. The maximum absolute atomic E-state index is 11.9. The van der Waals surface area contributed by atoms with Gasteiger partial charge >= 0.3 is 0 Å². The highest BCUT2D eigenvalue weighted by atomic mass is 16.2. The van der Waals surface area contributed by atoms with Crippen molar-refractivity contribution in [2.24, 2.45) is 11.7 Å². The third-order valence-corrected chi connectivity index (χ3v) is 3.33. The summed E-state index contributed by atoms with van der Waals surface area (Å²) in [5, 5.41) is 3.08. The van der Waals surface area contributed by atoms with Gasteiger partial charge in [-0.25, -0.2) is 0 Å². The smallest absolute Gasteiger partial charge is 0.237 e. The molecule has 17 heavy (non-hydrogen) atoms. The largest absolute Gasteiger partial charge is 0.348 e. The topological polar surface area (TPSA) is 55.1 Å². The Morgan fingerprint density at radius 3 is 2.59 bits per heavy atom. The van der Waals surface area contributed by atoms with Crippen LogP contribution >= 0.6 is 0 Å². The SMILES string of the molecule is CC[C@@H](N)C(=O)NC(c1ccccc1)C1CC1. The van der Waals surface area contributed by atoms with Crippen LogP contribution in [-0.2, 0) is 4.79 Å². The lowest BCUT2D eigenvalue weighted by Gasteiger charge is -2.20. The third-order valence-electron chi connectivity index (χ3n) is 3.33. The van der Waals surface area contributed by atoms with E-state index in [0.717, 1.165) is 0 Å². The van der Waals surface area contributed by atoms with Crippen molar-refractivity contribution >= 4 is 5.91 Å².